The molecule has 0 bridgehead atoms. The Hall–Kier alpha value is -6.58. The standard InChI is InChI=1S/C46H29N3/c1-3-13-31(14-4-1)47-41-20-10-7-17-34(41)37-26-24-33(28-45(37)47)48-42-21-11-9-19-36(42)40-29-39-30(27-44(40)48)23-25-38-35-18-8-12-22-43(35)49(46(38)39)32-15-5-2-6-16-32/h1-29H. The van der Waals surface area contributed by atoms with Gasteiger partial charge in [-0.05, 0) is 72.1 Å². The zero-order valence-corrected chi connectivity index (χ0v) is 26.6. The summed E-state index contributed by atoms with van der Waals surface area (Å²) in [6, 6.07) is 64.2. The Bertz CT molecular complexity index is 3090. The van der Waals surface area contributed by atoms with Gasteiger partial charge >= 0.3 is 0 Å². The second kappa shape index (κ2) is 9.96. The summed E-state index contributed by atoms with van der Waals surface area (Å²) in [6.07, 6.45) is 0. The van der Waals surface area contributed by atoms with Gasteiger partial charge in [0.1, 0.15) is 0 Å². The number of fused-ring (bicyclic) bond motifs is 11. The molecule has 0 aliphatic rings. The first-order chi connectivity index (χ1) is 24.3. The summed E-state index contributed by atoms with van der Waals surface area (Å²) in [5, 5.41) is 10.1. The number of aromatic nitrogens is 3. The molecule has 0 spiro atoms. The van der Waals surface area contributed by atoms with Gasteiger partial charge < -0.3 is 13.7 Å². The van der Waals surface area contributed by atoms with Crippen molar-refractivity contribution in [3.8, 4) is 17.1 Å². The van der Waals surface area contributed by atoms with Crippen molar-refractivity contribution in [1.29, 1.82) is 0 Å². The average Bonchev–Trinajstić information content (AvgIpc) is 3.80. The van der Waals surface area contributed by atoms with Crippen LogP contribution in [0, 0.1) is 0 Å². The maximum Gasteiger partial charge on any atom is 0.0619 e. The molecule has 0 unspecified atom stereocenters. The minimum atomic E-state index is 1.15. The first kappa shape index (κ1) is 26.5. The van der Waals surface area contributed by atoms with Crippen LogP contribution in [0.1, 0.15) is 0 Å². The molecule has 3 heterocycles. The largest absolute Gasteiger partial charge is 0.309 e. The van der Waals surface area contributed by atoms with Gasteiger partial charge in [-0.15, -0.1) is 0 Å². The molecule has 0 aliphatic carbocycles. The lowest BCUT2D eigenvalue weighted by Gasteiger charge is -2.12. The van der Waals surface area contributed by atoms with E-state index in [1.807, 2.05) is 0 Å². The van der Waals surface area contributed by atoms with E-state index in [1.54, 1.807) is 0 Å². The molecule has 0 aliphatic heterocycles. The number of hydrogen-bond acceptors (Lipinski definition) is 0. The number of nitrogens with zero attached hydrogens (tertiary/aromatic N) is 3. The monoisotopic (exact) mass is 623 g/mol. The molecule has 0 N–H and O–H groups in total. The van der Waals surface area contributed by atoms with Crippen LogP contribution in [0.3, 0.4) is 0 Å². The summed E-state index contributed by atoms with van der Waals surface area (Å²) in [5.74, 6) is 0. The fourth-order valence-electron chi connectivity index (χ4n) is 8.32. The van der Waals surface area contributed by atoms with E-state index in [-0.39, 0.29) is 0 Å². The summed E-state index contributed by atoms with van der Waals surface area (Å²) in [7, 11) is 0. The summed E-state index contributed by atoms with van der Waals surface area (Å²) in [5.41, 5.74) is 10.8. The second-order valence-electron chi connectivity index (χ2n) is 13.0. The van der Waals surface area contributed by atoms with Gasteiger partial charge in [-0.1, -0.05) is 109 Å². The van der Waals surface area contributed by atoms with Gasteiger partial charge in [-0.2, -0.15) is 0 Å². The summed E-state index contributed by atoms with van der Waals surface area (Å²) < 4.78 is 7.29. The third-order valence-corrected chi connectivity index (χ3v) is 10.4. The van der Waals surface area contributed by atoms with Gasteiger partial charge in [0.2, 0.25) is 0 Å². The molecule has 0 radical (unpaired) electrons. The maximum atomic E-state index is 2.45. The highest BCUT2D eigenvalue weighted by Gasteiger charge is 2.19. The van der Waals surface area contributed by atoms with Crippen LogP contribution in [-0.2, 0) is 0 Å². The third-order valence-electron chi connectivity index (χ3n) is 10.4. The lowest BCUT2D eigenvalue weighted by Crippen LogP contribution is -1.97. The van der Waals surface area contributed by atoms with E-state index in [0.717, 1.165) is 11.4 Å². The normalized spacial score (nSPS) is 12.1. The van der Waals surface area contributed by atoms with Crippen LogP contribution in [0.25, 0.3) is 93.3 Å². The maximum absolute atomic E-state index is 2.45. The SMILES string of the molecule is c1ccc(-n2c3ccccc3c3ccc(-n4c5ccccc5c5cc6c(ccc7c8ccccc8n(-c8ccccc8)c67)cc54)cc32)cc1. The Balaban J connectivity index is 1.24. The lowest BCUT2D eigenvalue weighted by molar-refractivity contribution is 1.16. The first-order valence-corrected chi connectivity index (χ1v) is 16.9. The molecule has 0 amide bonds. The van der Waals surface area contributed by atoms with E-state index < -0.39 is 0 Å². The molecule has 0 saturated heterocycles. The Kier molecular flexibility index (Phi) is 5.38. The van der Waals surface area contributed by atoms with Gasteiger partial charge in [-0.3, -0.25) is 0 Å². The number of para-hydroxylation sites is 5. The molecule has 0 fully saturated rings. The van der Waals surface area contributed by atoms with Gasteiger partial charge in [0, 0.05) is 54.8 Å². The highest BCUT2D eigenvalue weighted by atomic mass is 15.0. The van der Waals surface area contributed by atoms with E-state index in [2.05, 4.69) is 190 Å². The fourth-order valence-corrected chi connectivity index (χ4v) is 8.32. The zero-order chi connectivity index (χ0) is 32.1. The highest BCUT2D eigenvalue weighted by Crippen LogP contribution is 2.41. The number of benzene rings is 8. The van der Waals surface area contributed by atoms with Crippen LogP contribution in [0.2, 0.25) is 0 Å². The fraction of sp³-hybridized carbons (Fsp3) is 0. The van der Waals surface area contributed by atoms with Crippen molar-refractivity contribution in [2.45, 2.75) is 0 Å². The zero-order valence-electron chi connectivity index (χ0n) is 26.6. The van der Waals surface area contributed by atoms with Crippen LogP contribution in [0.4, 0.5) is 0 Å². The minimum Gasteiger partial charge on any atom is -0.309 e. The smallest absolute Gasteiger partial charge is 0.0619 e. The van der Waals surface area contributed by atoms with Crippen molar-refractivity contribution in [2.75, 3.05) is 0 Å². The molecule has 3 nitrogen and oxygen atoms in total. The molecule has 11 aromatic rings. The van der Waals surface area contributed by atoms with Crippen LogP contribution in [0.15, 0.2) is 176 Å². The summed E-state index contributed by atoms with van der Waals surface area (Å²) >= 11 is 0. The van der Waals surface area contributed by atoms with Crippen molar-refractivity contribution >= 4 is 76.2 Å². The van der Waals surface area contributed by atoms with Crippen LogP contribution in [-0.4, -0.2) is 13.7 Å². The Morgan fingerprint density at radius 2 is 0.714 bits per heavy atom. The Morgan fingerprint density at radius 1 is 0.245 bits per heavy atom. The second-order valence-corrected chi connectivity index (χ2v) is 13.0. The molecular weight excluding hydrogens is 595 g/mol. The van der Waals surface area contributed by atoms with Crippen LogP contribution < -0.4 is 0 Å². The van der Waals surface area contributed by atoms with E-state index in [1.165, 1.54) is 81.9 Å². The van der Waals surface area contributed by atoms with E-state index in [0.29, 0.717) is 0 Å². The first-order valence-electron chi connectivity index (χ1n) is 16.9. The van der Waals surface area contributed by atoms with Crippen molar-refractivity contribution in [2.24, 2.45) is 0 Å². The van der Waals surface area contributed by atoms with Gasteiger partial charge in [-0.25, -0.2) is 0 Å². The van der Waals surface area contributed by atoms with Crippen molar-refractivity contribution in [3.05, 3.63) is 176 Å². The highest BCUT2D eigenvalue weighted by molar-refractivity contribution is 6.23. The molecule has 228 valence electrons. The van der Waals surface area contributed by atoms with Crippen LogP contribution in [0.5, 0.6) is 0 Å². The van der Waals surface area contributed by atoms with Gasteiger partial charge in [0.25, 0.3) is 0 Å². The molecule has 3 heteroatoms. The molecule has 3 aromatic heterocycles. The van der Waals surface area contributed by atoms with Crippen molar-refractivity contribution in [3.63, 3.8) is 0 Å². The van der Waals surface area contributed by atoms with Crippen molar-refractivity contribution in [1.82, 2.24) is 13.7 Å². The Morgan fingerprint density at radius 3 is 1.39 bits per heavy atom. The molecule has 0 saturated carbocycles. The average molecular weight is 624 g/mol. The Labute approximate surface area is 282 Å². The summed E-state index contributed by atoms with van der Waals surface area (Å²) in [6.45, 7) is 0. The predicted octanol–water partition coefficient (Wildman–Crippen LogP) is 12.1. The van der Waals surface area contributed by atoms with Gasteiger partial charge in [0.05, 0.1) is 33.1 Å². The van der Waals surface area contributed by atoms with Gasteiger partial charge in [0.15, 0.2) is 0 Å². The number of hydrogen-bond donors (Lipinski definition) is 0. The third kappa shape index (κ3) is 3.67. The minimum absolute atomic E-state index is 1.15. The van der Waals surface area contributed by atoms with Crippen molar-refractivity contribution < 1.29 is 0 Å². The topological polar surface area (TPSA) is 14.8 Å². The lowest BCUT2D eigenvalue weighted by atomic mass is 10.0. The molecule has 8 aromatic carbocycles. The molecule has 49 heavy (non-hydrogen) atoms. The molecule has 11 rings (SSSR count). The predicted molar refractivity (Wildman–Crippen MR) is 207 cm³/mol. The van der Waals surface area contributed by atoms with E-state index >= 15 is 0 Å². The molecule has 0 atom stereocenters. The molecular formula is C46H29N3. The van der Waals surface area contributed by atoms with E-state index in [9.17, 15) is 0 Å². The van der Waals surface area contributed by atoms with E-state index in [4.69, 9.17) is 0 Å². The number of rotatable bonds is 3. The van der Waals surface area contributed by atoms with Crippen LogP contribution >= 0.6 is 0 Å². The quantitative estimate of drug-likeness (QED) is 0.186. The summed E-state index contributed by atoms with van der Waals surface area (Å²) in [4.78, 5) is 0.